The van der Waals surface area contributed by atoms with E-state index in [1.165, 1.54) is 5.56 Å². The maximum Gasteiger partial charge on any atom is 0.425 e. The first kappa shape index (κ1) is 48.4. The molecule has 1 aromatic carbocycles. The fourth-order valence-corrected chi connectivity index (χ4v) is 2.77. The van der Waals surface area contributed by atoms with Gasteiger partial charge in [-0.2, -0.15) is 52.7 Å². The van der Waals surface area contributed by atoms with Gasteiger partial charge in [-0.1, -0.05) is 51.1 Å². The molecule has 0 bridgehead atoms. The molecule has 0 heterocycles. The molecule has 16 heteroatoms. The van der Waals surface area contributed by atoms with Crippen molar-refractivity contribution in [2.45, 2.75) is 104 Å². The van der Waals surface area contributed by atoms with Crippen LogP contribution in [0.2, 0.25) is 0 Å². The van der Waals surface area contributed by atoms with Crippen LogP contribution < -0.4 is 0 Å². The number of benzene rings is 1. The molecule has 1 aromatic rings. The van der Waals surface area contributed by atoms with Crippen LogP contribution in [0, 0.1) is 18.3 Å². The standard InChI is InChI=1S/C12H17N.C10H14.2C4H4F6O.Mo/c1-8(2)10-6-5-7-11(9(3)4)12(10)13;1-10(2,3)9-7-5-4-6-8-9;2*1-2(11,3(5,6)7)4(8,9)10;/h5-9H,1-4H3;4-8H,1-3H3;2*11H,1H3;. The minimum Gasteiger partial charge on any atom is -0.778 e. The minimum atomic E-state index is -5.69. The van der Waals surface area contributed by atoms with Gasteiger partial charge < -0.3 is 15.6 Å². The van der Waals surface area contributed by atoms with Crippen molar-refractivity contribution in [3.8, 4) is 0 Å². The van der Waals surface area contributed by atoms with Gasteiger partial charge in [-0.3, -0.25) is 0 Å². The molecule has 0 radical (unpaired) electrons. The maximum absolute atomic E-state index is 11.4. The van der Waals surface area contributed by atoms with Crippen molar-refractivity contribution in [3.63, 3.8) is 0 Å². The predicted octanol–water partition coefficient (Wildman–Crippen LogP) is 10.1. The third kappa shape index (κ3) is 14.4. The van der Waals surface area contributed by atoms with E-state index in [0.29, 0.717) is 23.0 Å². The van der Waals surface area contributed by atoms with Gasteiger partial charge in [0.05, 0.1) is 0 Å². The van der Waals surface area contributed by atoms with E-state index in [2.05, 4.69) is 78.8 Å². The summed E-state index contributed by atoms with van der Waals surface area (Å²) in [6.07, 6.45) is -16.8. The monoisotopic (exact) mass is 771 g/mol. The van der Waals surface area contributed by atoms with Gasteiger partial charge in [-0.25, -0.2) is 0 Å². The number of hydrogen-bond acceptors (Lipinski definition) is 2. The molecule has 0 unspecified atom stereocenters. The third-order valence-electron chi connectivity index (χ3n) is 6.19. The molecule has 0 amide bonds. The van der Waals surface area contributed by atoms with Crippen LogP contribution in [-0.2, 0) is 26.5 Å². The van der Waals surface area contributed by atoms with Gasteiger partial charge in [0.1, 0.15) is 0 Å². The van der Waals surface area contributed by atoms with Crippen molar-refractivity contribution in [2.75, 3.05) is 0 Å². The molecule has 0 aliphatic heterocycles. The molecule has 0 spiro atoms. The van der Waals surface area contributed by atoms with Gasteiger partial charge in [-0.05, 0) is 58.2 Å². The summed E-state index contributed by atoms with van der Waals surface area (Å²) in [6.45, 7) is 14.4. The molecular formula is C30H39F12MoNO2. The molecule has 0 saturated heterocycles. The fraction of sp³-hybridized carbons (Fsp3) is 0.600. The number of hydrogen-bond donors (Lipinski definition) is 2. The first-order valence-corrected chi connectivity index (χ1v) is 13.2. The molecule has 46 heavy (non-hydrogen) atoms. The number of allylic oxidation sites excluding steroid dienone is 4. The zero-order chi connectivity index (χ0) is 36.6. The van der Waals surface area contributed by atoms with Crippen LogP contribution in [0.25, 0.3) is 5.41 Å². The SMILES string of the molecule is CC(C)(C)c1ccccc1.CC(C)C1=C[CH+]C=C(C(C)C)C1=[N-].CC(O)(C(F)(F)F)C(F)(F)F.CC(O)(C(F)(F)F)C(F)(F)F.[Mo]. The Morgan fingerprint density at radius 2 is 0.826 bits per heavy atom. The Morgan fingerprint density at radius 1 is 0.565 bits per heavy atom. The van der Waals surface area contributed by atoms with Crippen molar-refractivity contribution in [1.29, 1.82) is 0 Å². The largest absolute Gasteiger partial charge is 0.778 e. The molecule has 1 aliphatic rings. The van der Waals surface area contributed by atoms with Crippen LogP contribution in [0.3, 0.4) is 0 Å². The van der Waals surface area contributed by atoms with Gasteiger partial charge in [0.25, 0.3) is 11.2 Å². The van der Waals surface area contributed by atoms with Crippen LogP contribution in [0.4, 0.5) is 52.7 Å². The quantitative estimate of drug-likeness (QED) is 0.179. The Morgan fingerprint density at radius 3 is 0.978 bits per heavy atom. The van der Waals surface area contributed by atoms with Gasteiger partial charge in [0.2, 0.25) is 0 Å². The van der Waals surface area contributed by atoms with E-state index >= 15 is 0 Å². The summed E-state index contributed by atoms with van der Waals surface area (Å²) < 4.78 is 136. The van der Waals surface area contributed by atoms with Crippen LogP contribution in [0.15, 0.2) is 53.6 Å². The summed E-state index contributed by atoms with van der Waals surface area (Å²) >= 11 is 0. The van der Waals surface area contributed by atoms with E-state index in [9.17, 15) is 58.1 Å². The summed E-state index contributed by atoms with van der Waals surface area (Å²) in [5.41, 5.74) is -4.98. The van der Waals surface area contributed by atoms with Crippen LogP contribution in [0.5, 0.6) is 0 Å². The summed E-state index contributed by atoms with van der Waals surface area (Å²) in [5, 5.41) is 25.8. The van der Waals surface area contributed by atoms with Crippen molar-refractivity contribution < 1.29 is 84.0 Å². The minimum absolute atomic E-state index is 0. The van der Waals surface area contributed by atoms with Crippen LogP contribution >= 0.6 is 0 Å². The zero-order valence-corrected chi connectivity index (χ0v) is 28.6. The average Bonchev–Trinajstić information content (AvgIpc) is 2.82. The van der Waals surface area contributed by atoms with E-state index < -0.39 is 35.9 Å². The molecule has 1 aliphatic carbocycles. The molecule has 0 fully saturated rings. The van der Waals surface area contributed by atoms with Crippen molar-refractivity contribution in [1.82, 2.24) is 0 Å². The molecule has 2 rings (SSSR count). The number of nitrogens with zero attached hydrogens (tertiary/aromatic N) is 1. The second kappa shape index (κ2) is 17.4. The van der Waals surface area contributed by atoms with E-state index in [-0.39, 0.29) is 34.9 Å². The summed E-state index contributed by atoms with van der Waals surface area (Å²) in [6, 6.07) is 10.6. The molecule has 0 aromatic heterocycles. The Bertz CT molecular complexity index is 1030. The maximum atomic E-state index is 11.4. The van der Waals surface area contributed by atoms with E-state index in [0.717, 1.165) is 11.1 Å². The van der Waals surface area contributed by atoms with Crippen LogP contribution in [0.1, 0.15) is 67.9 Å². The number of rotatable bonds is 2. The summed E-state index contributed by atoms with van der Waals surface area (Å²) in [7, 11) is 0. The van der Waals surface area contributed by atoms with Crippen molar-refractivity contribution >= 4 is 5.71 Å². The number of alkyl halides is 12. The van der Waals surface area contributed by atoms with Gasteiger partial charge in [-0.15, -0.1) is 0 Å². The zero-order valence-electron chi connectivity index (χ0n) is 26.6. The predicted molar refractivity (Wildman–Crippen MR) is 149 cm³/mol. The Balaban J connectivity index is -0.000000535. The smallest absolute Gasteiger partial charge is 0.425 e. The second-order valence-electron chi connectivity index (χ2n) is 11.8. The first-order valence-electron chi connectivity index (χ1n) is 13.2. The molecule has 0 atom stereocenters. The Hall–Kier alpha value is -1.99. The Kier molecular flexibility index (Phi) is 18.3. The molecule has 266 valence electrons. The summed E-state index contributed by atoms with van der Waals surface area (Å²) in [4.78, 5) is 0. The normalized spacial score (nSPS) is 14.7. The third-order valence-corrected chi connectivity index (χ3v) is 6.19. The topological polar surface area (TPSA) is 62.8 Å². The van der Waals surface area contributed by atoms with Crippen molar-refractivity contribution in [2.24, 2.45) is 11.8 Å². The van der Waals surface area contributed by atoms with E-state index in [1.54, 1.807) is 0 Å². The molecular weight excluding hydrogens is 730 g/mol. The van der Waals surface area contributed by atoms with Crippen LogP contribution in [-0.4, -0.2) is 51.8 Å². The second-order valence-corrected chi connectivity index (χ2v) is 11.8. The van der Waals surface area contributed by atoms with E-state index in [1.807, 2.05) is 18.6 Å². The summed E-state index contributed by atoms with van der Waals surface area (Å²) in [5.74, 6) is 0.775. The number of aliphatic hydroxyl groups is 2. The van der Waals surface area contributed by atoms with Gasteiger partial charge in [0, 0.05) is 62.6 Å². The molecule has 2 N–H and O–H groups in total. The van der Waals surface area contributed by atoms with Gasteiger partial charge in [0.15, 0.2) is 0 Å². The number of halogens is 12. The van der Waals surface area contributed by atoms with Crippen molar-refractivity contribution in [3.05, 3.63) is 71.0 Å². The van der Waals surface area contributed by atoms with E-state index in [4.69, 9.17) is 10.2 Å². The molecule has 3 nitrogen and oxygen atoms in total. The van der Waals surface area contributed by atoms with Gasteiger partial charge >= 0.3 is 24.7 Å². The molecule has 0 saturated carbocycles. The first-order chi connectivity index (χ1) is 19.6. The Labute approximate surface area is 275 Å². The average molecular weight is 770 g/mol. The fourth-order valence-electron chi connectivity index (χ4n) is 2.77.